The number of fused-ring (bicyclic) bond motifs is 1. The van der Waals surface area contributed by atoms with E-state index in [9.17, 15) is 9.59 Å². The van der Waals surface area contributed by atoms with Crippen LogP contribution in [-0.4, -0.2) is 48.0 Å². The van der Waals surface area contributed by atoms with Crippen molar-refractivity contribution in [3.05, 3.63) is 81.5 Å². The van der Waals surface area contributed by atoms with Crippen molar-refractivity contribution >= 4 is 29.0 Å². The van der Waals surface area contributed by atoms with Gasteiger partial charge in [-0.1, -0.05) is 57.5 Å². The second kappa shape index (κ2) is 12.5. The molecule has 0 spiro atoms. The number of ether oxygens (including phenoxy) is 1. The number of carbonyl (C=O) groups excluding carboxylic acids is 2. The van der Waals surface area contributed by atoms with Gasteiger partial charge in [0.15, 0.2) is 0 Å². The first kappa shape index (κ1) is 27.7. The lowest BCUT2D eigenvalue weighted by Crippen LogP contribution is -2.49. The number of hydrogen-bond donors (Lipinski definition) is 1. The molecule has 7 heteroatoms. The Morgan fingerprint density at radius 1 is 1.05 bits per heavy atom. The molecule has 3 amide bonds. The SMILES string of the molecule is Cc1ccc(NC(=O)N(CC(=O)N2CCc3sccc3[C@@H]2COc2ccc(C(C)C)cc2)CC(C)C)cc1. The largest absolute Gasteiger partial charge is 0.491 e. The summed E-state index contributed by atoms with van der Waals surface area (Å²) in [6.45, 7) is 11.9. The van der Waals surface area contributed by atoms with Crippen LogP contribution in [0.2, 0.25) is 0 Å². The van der Waals surface area contributed by atoms with E-state index < -0.39 is 0 Å². The van der Waals surface area contributed by atoms with Crippen molar-refractivity contribution < 1.29 is 14.3 Å². The van der Waals surface area contributed by atoms with Crippen molar-refractivity contribution in [2.24, 2.45) is 5.92 Å². The van der Waals surface area contributed by atoms with Crippen LogP contribution in [0, 0.1) is 12.8 Å². The number of urea groups is 1. The molecule has 38 heavy (non-hydrogen) atoms. The van der Waals surface area contributed by atoms with E-state index in [1.54, 1.807) is 16.2 Å². The highest BCUT2D eigenvalue weighted by Crippen LogP contribution is 2.34. The molecule has 2 heterocycles. The van der Waals surface area contributed by atoms with Crippen LogP contribution in [-0.2, 0) is 11.2 Å². The van der Waals surface area contributed by atoms with Crippen LogP contribution in [0.25, 0.3) is 0 Å². The summed E-state index contributed by atoms with van der Waals surface area (Å²) in [5.41, 5.74) is 4.26. The standard InChI is InChI=1S/C31H39N3O3S/c1-21(2)18-33(31(36)32-25-10-6-23(5)7-11-25)19-30(35)34-16-14-29-27(15-17-38-29)28(34)20-37-26-12-8-24(9-13-26)22(3)4/h6-13,15,17,21-22,28H,14,16,18-20H2,1-5H3,(H,32,36)/t28-/m0/s1. The summed E-state index contributed by atoms with van der Waals surface area (Å²) >= 11 is 1.73. The lowest BCUT2D eigenvalue weighted by molar-refractivity contribution is -0.135. The van der Waals surface area contributed by atoms with Gasteiger partial charge in [0.2, 0.25) is 5.91 Å². The predicted octanol–water partition coefficient (Wildman–Crippen LogP) is 6.87. The topological polar surface area (TPSA) is 61.9 Å². The van der Waals surface area contributed by atoms with Crippen molar-refractivity contribution in [3.8, 4) is 5.75 Å². The van der Waals surface area contributed by atoms with Crippen molar-refractivity contribution in [1.82, 2.24) is 9.80 Å². The van der Waals surface area contributed by atoms with Crippen molar-refractivity contribution in [2.75, 3.05) is 31.6 Å². The monoisotopic (exact) mass is 533 g/mol. The Morgan fingerprint density at radius 2 is 1.76 bits per heavy atom. The van der Waals surface area contributed by atoms with Crippen LogP contribution in [0.15, 0.2) is 60.0 Å². The van der Waals surface area contributed by atoms with Gasteiger partial charge < -0.3 is 19.9 Å². The van der Waals surface area contributed by atoms with E-state index in [0.717, 1.165) is 29.0 Å². The van der Waals surface area contributed by atoms with Gasteiger partial charge in [-0.05, 0) is 72.0 Å². The summed E-state index contributed by atoms with van der Waals surface area (Å²) in [4.78, 5) is 31.7. The molecule has 0 fully saturated rings. The predicted molar refractivity (Wildman–Crippen MR) is 155 cm³/mol. The zero-order valence-electron chi connectivity index (χ0n) is 23.1. The van der Waals surface area contributed by atoms with E-state index in [1.165, 1.54) is 10.4 Å². The molecule has 4 rings (SSSR count). The van der Waals surface area contributed by atoms with Gasteiger partial charge in [-0.3, -0.25) is 4.79 Å². The third-order valence-electron chi connectivity index (χ3n) is 6.87. The van der Waals surface area contributed by atoms with Crippen molar-refractivity contribution in [3.63, 3.8) is 0 Å². The Morgan fingerprint density at radius 3 is 2.42 bits per heavy atom. The number of nitrogens with zero attached hydrogens (tertiary/aromatic N) is 2. The first-order valence-electron chi connectivity index (χ1n) is 13.4. The minimum Gasteiger partial charge on any atom is -0.491 e. The highest BCUT2D eigenvalue weighted by Gasteiger charge is 2.33. The van der Waals surface area contributed by atoms with Crippen molar-refractivity contribution in [2.45, 2.75) is 53.0 Å². The molecule has 0 unspecified atom stereocenters. The Bertz CT molecular complexity index is 1220. The number of aryl methyl sites for hydroxylation is 1. The van der Waals surface area contributed by atoms with Gasteiger partial charge in [0.1, 0.15) is 18.9 Å². The molecule has 1 aliphatic rings. The molecule has 0 aliphatic carbocycles. The van der Waals surface area contributed by atoms with Crippen molar-refractivity contribution in [1.29, 1.82) is 0 Å². The molecule has 0 radical (unpaired) electrons. The van der Waals surface area contributed by atoms with Crippen LogP contribution in [0.5, 0.6) is 5.75 Å². The summed E-state index contributed by atoms with van der Waals surface area (Å²) < 4.78 is 6.21. The number of thiophene rings is 1. The zero-order valence-corrected chi connectivity index (χ0v) is 23.9. The highest BCUT2D eigenvalue weighted by molar-refractivity contribution is 7.10. The number of hydrogen-bond acceptors (Lipinski definition) is 4. The molecule has 1 N–H and O–H groups in total. The fraction of sp³-hybridized carbons (Fsp3) is 0.419. The smallest absolute Gasteiger partial charge is 0.322 e. The summed E-state index contributed by atoms with van der Waals surface area (Å²) in [6.07, 6.45) is 0.818. The van der Waals surface area contributed by atoms with Gasteiger partial charge in [0.25, 0.3) is 0 Å². The van der Waals surface area contributed by atoms with E-state index in [0.29, 0.717) is 25.6 Å². The number of amides is 3. The molecule has 3 aromatic rings. The zero-order chi connectivity index (χ0) is 27.2. The summed E-state index contributed by atoms with van der Waals surface area (Å²) in [6, 6.07) is 17.5. The summed E-state index contributed by atoms with van der Waals surface area (Å²) in [7, 11) is 0. The van der Waals surface area contributed by atoms with E-state index in [2.05, 4.69) is 56.6 Å². The average Bonchev–Trinajstić information content (AvgIpc) is 3.37. The van der Waals surface area contributed by atoms with E-state index in [4.69, 9.17) is 4.74 Å². The molecule has 1 atom stereocenters. The molecule has 6 nitrogen and oxygen atoms in total. The van der Waals surface area contributed by atoms with E-state index >= 15 is 0 Å². The van der Waals surface area contributed by atoms with Gasteiger partial charge in [-0.15, -0.1) is 11.3 Å². The maximum absolute atomic E-state index is 13.7. The minimum absolute atomic E-state index is 0.0227. The molecule has 2 aromatic carbocycles. The lowest BCUT2D eigenvalue weighted by atomic mass is 10.00. The molecular formula is C31H39N3O3S. The number of anilines is 1. The van der Waals surface area contributed by atoms with Crippen LogP contribution in [0.1, 0.15) is 61.2 Å². The minimum atomic E-state index is -0.262. The molecule has 0 bridgehead atoms. The summed E-state index contributed by atoms with van der Waals surface area (Å²) in [5.74, 6) is 1.42. The molecule has 202 valence electrons. The number of carbonyl (C=O) groups is 2. The fourth-order valence-electron chi connectivity index (χ4n) is 4.75. The Hall–Kier alpha value is -3.32. The third kappa shape index (κ3) is 6.95. The van der Waals surface area contributed by atoms with Crippen LogP contribution in [0.4, 0.5) is 10.5 Å². The number of rotatable bonds is 9. The first-order valence-corrected chi connectivity index (χ1v) is 14.3. The number of benzene rings is 2. The fourth-order valence-corrected chi connectivity index (χ4v) is 5.68. The van der Waals surface area contributed by atoms with E-state index in [-0.39, 0.29) is 30.4 Å². The van der Waals surface area contributed by atoms with Crippen LogP contribution >= 0.6 is 11.3 Å². The molecule has 1 aliphatic heterocycles. The van der Waals surface area contributed by atoms with Crippen LogP contribution < -0.4 is 10.1 Å². The normalized spacial score (nSPS) is 14.9. The summed E-state index contributed by atoms with van der Waals surface area (Å²) in [5, 5.41) is 5.04. The molecule has 0 saturated carbocycles. The number of nitrogens with one attached hydrogen (secondary N) is 1. The van der Waals surface area contributed by atoms with Gasteiger partial charge in [0, 0.05) is 23.7 Å². The van der Waals surface area contributed by atoms with Gasteiger partial charge in [-0.25, -0.2) is 4.79 Å². The second-order valence-electron chi connectivity index (χ2n) is 10.8. The molecule has 0 saturated heterocycles. The third-order valence-corrected chi connectivity index (χ3v) is 7.87. The Kier molecular flexibility index (Phi) is 9.10. The Labute approximate surface area is 230 Å². The maximum Gasteiger partial charge on any atom is 0.322 e. The first-order chi connectivity index (χ1) is 18.2. The lowest BCUT2D eigenvalue weighted by Gasteiger charge is -2.37. The van der Waals surface area contributed by atoms with Crippen LogP contribution in [0.3, 0.4) is 0 Å². The Balaban J connectivity index is 1.48. The van der Waals surface area contributed by atoms with Gasteiger partial charge in [0.05, 0.1) is 6.04 Å². The van der Waals surface area contributed by atoms with E-state index in [1.807, 2.05) is 48.2 Å². The average molecular weight is 534 g/mol. The maximum atomic E-state index is 13.7. The second-order valence-corrected chi connectivity index (χ2v) is 11.8. The van der Waals surface area contributed by atoms with Gasteiger partial charge >= 0.3 is 6.03 Å². The molecule has 1 aromatic heterocycles. The molecular weight excluding hydrogens is 494 g/mol. The van der Waals surface area contributed by atoms with Gasteiger partial charge in [-0.2, -0.15) is 0 Å². The quantitative estimate of drug-likeness (QED) is 0.326. The highest BCUT2D eigenvalue weighted by atomic mass is 32.1.